The van der Waals surface area contributed by atoms with Crippen LogP contribution in [0.5, 0.6) is 0 Å². The Hall–Kier alpha value is -0.970. The highest BCUT2D eigenvalue weighted by Crippen LogP contribution is 2.31. The Labute approximate surface area is 114 Å². The fraction of sp³-hybridized carbons (Fsp3) is 0.692. The maximum Gasteiger partial charge on any atom is 0.191 e. The summed E-state index contributed by atoms with van der Waals surface area (Å²) in [4.78, 5) is 11.3. The second-order valence-electron chi connectivity index (χ2n) is 4.85. The molecule has 5 heteroatoms. The van der Waals surface area contributed by atoms with E-state index >= 15 is 0 Å². The van der Waals surface area contributed by atoms with E-state index in [9.17, 15) is 0 Å². The van der Waals surface area contributed by atoms with Gasteiger partial charge < -0.3 is 10.2 Å². The van der Waals surface area contributed by atoms with Crippen LogP contribution >= 0.6 is 11.8 Å². The molecule has 18 heavy (non-hydrogen) atoms. The van der Waals surface area contributed by atoms with Crippen molar-refractivity contribution in [3.05, 3.63) is 6.07 Å². The molecule has 1 heterocycles. The molecule has 0 bridgehead atoms. The molecule has 0 amide bonds. The lowest BCUT2D eigenvalue weighted by Crippen LogP contribution is -2.21. The van der Waals surface area contributed by atoms with Crippen molar-refractivity contribution < 1.29 is 0 Å². The molecule has 1 N–H and O–H groups in total. The quantitative estimate of drug-likeness (QED) is 0.607. The second kappa shape index (κ2) is 6.27. The van der Waals surface area contributed by atoms with Crippen LogP contribution in [0.4, 0.5) is 11.6 Å². The van der Waals surface area contributed by atoms with Gasteiger partial charge in [-0.2, -0.15) is 0 Å². The fourth-order valence-corrected chi connectivity index (χ4v) is 2.20. The third-order valence-electron chi connectivity index (χ3n) is 3.05. The van der Waals surface area contributed by atoms with Crippen LogP contribution in [0.2, 0.25) is 0 Å². The summed E-state index contributed by atoms with van der Waals surface area (Å²) in [5.74, 6) is 2.84. The molecular weight excluding hydrogens is 244 g/mol. The highest BCUT2D eigenvalue weighted by atomic mass is 32.2. The predicted octanol–water partition coefficient (Wildman–Crippen LogP) is 2.87. The zero-order chi connectivity index (χ0) is 13.0. The predicted molar refractivity (Wildman–Crippen MR) is 78.6 cm³/mol. The molecule has 1 fully saturated rings. The standard InChI is InChI=1S/C13H22N4S/c1-4-7-14-11-8-12(16-13(15-11)18-3)17(2)9-10-5-6-10/h8,10H,4-7,9H2,1-3H3,(H,14,15,16). The lowest BCUT2D eigenvalue weighted by Gasteiger charge is -2.19. The molecule has 1 aromatic rings. The Morgan fingerprint density at radius 2 is 2.22 bits per heavy atom. The first-order valence-electron chi connectivity index (χ1n) is 6.61. The van der Waals surface area contributed by atoms with Gasteiger partial charge in [-0.25, -0.2) is 9.97 Å². The summed E-state index contributed by atoms with van der Waals surface area (Å²) >= 11 is 1.59. The number of aromatic nitrogens is 2. The van der Waals surface area contributed by atoms with Crippen LogP contribution in [0.15, 0.2) is 11.2 Å². The van der Waals surface area contributed by atoms with Gasteiger partial charge in [0.1, 0.15) is 11.6 Å². The van der Waals surface area contributed by atoms with Crippen LogP contribution in [0.1, 0.15) is 26.2 Å². The molecule has 1 saturated carbocycles. The molecule has 0 saturated heterocycles. The van der Waals surface area contributed by atoms with E-state index in [0.29, 0.717) is 0 Å². The molecular formula is C13H22N4S. The molecule has 1 aromatic heterocycles. The summed E-state index contributed by atoms with van der Waals surface area (Å²) in [5.41, 5.74) is 0. The van der Waals surface area contributed by atoms with Crippen LogP contribution in [0.3, 0.4) is 0 Å². The summed E-state index contributed by atoms with van der Waals surface area (Å²) in [6.07, 6.45) is 5.85. The van der Waals surface area contributed by atoms with Gasteiger partial charge in [-0.15, -0.1) is 0 Å². The molecule has 0 unspecified atom stereocenters. The van der Waals surface area contributed by atoms with Crippen molar-refractivity contribution >= 4 is 23.4 Å². The topological polar surface area (TPSA) is 41.0 Å². The molecule has 0 spiro atoms. The van der Waals surface area contributed by atoms with E-state index in [1.54, 1.807) is 11.8 Å². The molecule has 0 aromatic carbocycles. The maximum absolute atomic E-state index is 4.58. The summed E-state index contributed by atoms with van der Waals surface area (Å²) in [6, 6.07) is 2.05. The Bertz CT molecular complexity index is 393. The fourth-order valence-electron chi connectivity index (χ4n) is 1.82. The summed E-state index contributed by atoms with van der Waals surface area (Å²) in [7, 11) is 2.12. The largest absolute Gasteiger partial charge is 0.370 e. The number of nitrogens with one attached hydrogen (secondary N) is 1. The van der Waals surface area contributed by atoms with E-state index in [2.05, 4.69) is 40.2 Å². The van der Waals surface area contributed by atoms with Crippen molar-refractivity contribution in [2.75, 3.05) is 36.6 Å². The SMILES string of the molecule is CCCNc1cc(N(C)CC2CC2)nc(SC)n1. The Morgan fingerprint density at radius 1 is 1.44 bits per heavy atom. The monoisotopic (exact) mass is 266 g/mol. The van der Waals surface area contributed by atoms with E-state index < -0.39 is 0 Å². The molecule has 100 valence electrons. The van der Waals surface area contributed by atoms with E-state index in [1.165, 1.54) is 12.8 Å². The highest BCUT2D eigenvalue weighted by molar-refractivity contribution is 7.98. The smallest absolute Gasteiger partial charge is 0.191 e. The number of thioether (sulfide) groups is 1. The second-order valence-corrected chi connectivity index (χ2v) is 5.62. The van der Waals surface area contributed by atoms with Gasteiger partial charge in [0.2, 0.25) is 0 Å². The van der Waals surface area contributed by atoms with Crippen LogP contribution in [-0.2, 0) is 0 Å². The first-order chi connectivity index (χ1) is 8.72. The average molecular weight is 266 g/mol. The number of hydrogen-bond donors (Lipinski definition) is 1. The lowest BCUT2D eigenvalue weighted by molar-refractivity contribution is 0.766. The minimum Gasteiger partial charge on any atom is -0.370 e. The van der Waals surface area contributed by atoms with Crippen molar-refractivity contribution in [3.8, 4) is 0 Å². The third-order valence-corrected chi connectivity index (χ3v) is 3.60. The van der Waals surface area contributed by atoms with Crippen molar-refractivity contribution in [2.24, 2.45) is 5.92 Å². The normalized spacial score (nSPS) is 14.6. The Kier molecular flexibility index (Phi) is 4.69. The third kappa shape index (κ3) is 3.77. The maximum atomic E-state index is 4.58. The lowest BCUT2D eigenvalue weighted by atomic mass is 10.3. The van der Waals surface area contributed by atoms with Gasteiger partial charge in [0.15, 0.2) is 5.16 Å². The summed E-state index contributed by atoms with van der Waals surface area (Å²) in [6.45, 7) is 4.22. The highest BCUT2D eigenvalue weighted by Gasteiger charge is 2.23. The van der Waals surface area contributed by atoms with Gasteiger partial charge in [0, 0.05) is 26.2 Å². The molecule has 1 aliphatic rings. The summed E-state index contributed by atoms with van der Waals surface area (Å²) in [5, 5.41) is 4.18. The first kappa shape index (κ1) is 13.5. The van der Waals surface area contributed by atoms with Gasteiger partial charge in [0.25, 0.3) is 0 Å². The van der Waals surface area contributed by atoms with Crippen molar-refractivity contribution in [3.63, 3.8) is 0 Å². The van der Waals surface area contributed by atoms with Crippen molar-refractivity contribution in [2.45, 2.75) is 31.3 Å². The van der Waals surface area contributed by atoms with E-state index in [1.807, 2.05) is 6.26 Å². The molecule has 0 aliphatic heterocycles. The minimum atomic E-state index is 0.841. The van der Waals surface area contributed by atoms with Crippen LogP contribution in [0, 0.1) is 5.92 Å². The Balaban J connectivity index is 2.10. The number of anilines is 2. The Morgan fingerprint density at radius 3 is 2.83 bits per heavy atom. The molecule has 4 nitrogen and oxygen atoms in total. The first-order valence-corrected chi connectivity index (χ1v) is 7.83. The van der Waals surface area contributed by atoms with Crippen molar-refractivity contribution in [1.82, 2.24) is 9.97 Å². The zero-order valence-electron chi connectivity index (χ0n) is 11.4. The number of rotatable bonds is 7. The van der Waals surface area contributed by atoms with E-state index in [4.69, 9.17) is 0 Å². The van der Waals surface area contributed by atoms with Gasteiger partial charge in [-0.3, -0.25) is 0 Å². The van der Waals surface area contributed by atoms with Crippen LogP contribution < -0.4 is 10.2 Å². The van der Waals surface area contributed by atoms with Gasteiger partial charge in [-0.05, 0) is 31.4 Å². The molecule has 0 atom stereocenters. The molecule has 0 radical (unpaired) electrons. The van der Waals surface area contributed by atoms with Gasteiger partial charge in [-0.1, -0.05) is 18.7 Å². The van der Waals surface area contributed by atoms with Gasteiger partial charge in [0.05, 0.1) is 0 Å². The molecule has 1 aliphatic carbocycles. The zero-order valence-corrected chi connectivity index (χ0v) is 12.3. The van der Waals surface area contributed by atoms with Gasteiger partial charge >= 0.3 is 0 Å². The average Bonchev–Trinajstić information content (AvgIpc) is 3.19. The van der Waals surface area contributed by atoms with Crippen LogP contribution in [-0.4, -0.2) is 36.4 Å². The summed E-state index contributed by atoms with van der Waals surface area (Å²) < 4.78 is 0. The van der Waals surface area contributed by atoms with E-state index in [-0.39, 0.29) is 0 Å². The van der Waals surface area contributed by atoms with Crippen molar-refractivity contribution in [1.29, 1.82) is 0 Å². The minimum absolute atomic E-state index is 0.841. The number of hydrogen-bond acceptors (Lipinski definition) is 5. The molecule has 2 rings (SSSR count). The number of nitrogens with zero attached hydrogens (tertiary/aromatic N) is 3. The van der Waals surface area contributed by atoms with Crippen LogP contribution in [0.25, 0.3) is 0 Å². The van der Waals surface area contributed by atoms with E-state index in [0.717, 1.165) is 42.2 Å².